The van der Waals surface area contributed by atoms with E-state index < -0.39 is 0 Å². The van der Waals surface area contributed by atoms with E-state index in [2.05, 4.69) is 70.8 Å². The van der Waals surface area contributed by atoms with E-state index in [0.717, 1.165) is 32.1 Å². The maximum absolute atomic E-state index is 4.41. The van der Waals surface area contributed by atoms with E-state index in [1.54, 1.807) is 0 Å². The maximum Gasteiger partial charge on any atom is 0.191 e. The van der Waals surface area contributed by atoms with E-state index in [1.807, 2.05) is 18.4 Å². The monoisotopic (exact) mass is 507 g/mol. The molecular formula is C20H38IN5S. The van der Waals surface area contributed by atoms with Gasteiger partial charge in [-0.1, -0.05) is 13.0 Å². The van der Waals surface area contributed by atoms with Crippen molar-refractivity contribution >= 4 is 41.3 Å². The van der Waals surface area contributed by atoms with Gasteiger partial charge in [0.25, 0.3) is 0 Å². The summed E-state index contributed by atoms with van der Waals surface area (Å²) < 4.78 is 0. The molecule has 1 aliphatic rings. The lowest BCUT2D eigenvalue weighted by Crippen LogP contribution is -2.46. The van der Waals surface area contributed by atoms with Gasteiger partial charge in [0.2, 0.25) is 0 Å². The molecule has 1 aliphatic heterocycles. The van der Waals surface area contributed by atoms with Crippen molar-refractivity contribution in [2.24, 2.45) is 10.9 Å². The molecule has 2 heterocycles. The molecule has 1 aromatic heterocycles. The molecular weight excluding hydrogens is 469 g/mol. The molecule has 0 bridgehead atoms. The van der Waals surface area contributed by atoms with Gasteiger partial charge in [-0.2, -0.15) is 0 Å². The number of likely N-dealkylation sites (N-methyl/N-ethyl adjacent to an activating group) is 1. The van der Waals surface area contributed by atoms with Crippen LogP contribution in [0.25, 0.3) is 0 Å². The first-order valence-corrected chi connectivity index (χ1v) is 10.9. The summed E-state index contributed by atoms with van der Waals surface area (Å²) in [6.45, 7) is 11.9. The minimum absolute atomic E-state index is 0. The van der Waals surface area contributed by atoms with Crippen LogP contribution in [0.1, 0.15) is 44.5 Å². The summed E-state index contributed by atoms with van der Waals surface area (Å²) in [6, 6.07) is 5.55. The first kappa shape index (κ1) is 24.7. The van der Waals surface area contributed by atoms with Crippen LogP contribution in [-0.4, -0.2) is 68.6 Å². The van der Waals surface area contributed by atoms with E-state index in [9.17, 15) is 0 Å². The number of halogens is 1. The summed E-state index contributed by atoms with van der Waals surface area (Å²) in [6.07, 6.45) is 2.55. The SMILES string of the molecule is CCN(CCNC(=NC)NCC1CCCN(C)C1c1cccs1)C(C)C.I. The summed E-state index contributed by atoms with van der Waals surface area (Å²) in [5.41, 5.74) is 0. The largest absolute Gasteiger partial charge is 0.356 e. The van der Waals surface area contributed by atoms with Crippen LogP contribution in [0.4, 0.5) is 0 Å². The third-order valence-electron chi connectivity index (χ3n) is 5.43. The van der Waals surface area contributed by atoms with Gasteiger partial charge in [-0.3, -0.25) is 14.8 Å². The highest BCUT2D eigenvalue weighted by Gasteiger charge is 2.31. The molecule has 2 unspecified atom stereocenters. The molecule has 2 N–H and O–H groups in total. The van der Waals surface area contributed by atoms with Crippen LogP contribution in [0.3, 0.4) is 0 Å². The van der Waals surface area contributed by atoms with E-state index in [-0.39, 0.29) is 24.0 Å². The van der Waals surface area contributed by atoms with Crippen LogP contribution in [0.5, 0.6) is 0 Å². The van der Waals surface area contributed by atoms with Gasteiger partial charge >= 0.3 is 0 Å². The number of thiophene rings is 1. The Morgan fingerprint density at radius 2 is 2.19 bits per heavy atom. The van der Waals surface area contributed by atoms with Crippen molar-refractivity contribution in [3.63, 3.8) is 0 Å². The molecule has 5 nitrogen and oxygen atoms in total. The molecule has 0 aliphatic carbocycles. The van der Waals surface area contributed by atoms with E-state index in [4.69, 9.17) is 0 Å². The normalized spacial score (nSPS) is 21.4. The predicted molar refractivity (Wildman–Crippen MR) is 130 cm³/mol. The number of hydrogen-bond donors (Lipinski definition) is 2. The molecule has 0 saturated carbocycles. The number of piperidine rings is 1. The molecule has 0 amide bonds. The summed E-state index contributed by atoms with van der Waals surface area (Å²) in [7, 11) is 4.12. The number of likely N-dealkylation sites (tertiary alicyclic amines) is 1. The number of aliphatic imine (C=N–C) groups is 1. The molecule has 7 heteroatoms. The van der Waals surface area contributed by atoms with E-state index >= 15 is 0 Å². The summed E-state index contributed by atoms with van der Waals surface area (Å²) in [4.78, 5) is 10.9. The second-order valence-electron chi connectivity index (χ2n) is 7.45. The van der Waals surface area contributed by atoms with Crippen molar-refractivity contribution in [1.29, 1.82) is 0 Å². The average molecular weight is 508 g/mol. The molecule has 1 fully saturated rings. The predicted octanol–water partition coefficient (Wildman–Crippen LogP) is 3.64. The zero-order chi connectivity index (χ0) is 18.9. The summed E-state index contributed by atoms with van der Waals surface area (Å²) in [5.74, 6) is 1.54. The van der Waals surface area contributed by atoms with Gasteiger partial charge in [0.1, 0.15) is 0 Å². The smallest absolute Gasteiger partial charge is 0.191 e. The molecule has 156 valence electrons. The van der Waals surface area contributed by atoms with Gasteiger partial charge in [-0.15, -0.1) is 35.3 Å². The van der Waals surface area contributed by atoms with Crippen molar-refractivity contribution in [3.05, 3.63) is 22.4 Å². The minimum Gasteiger partial charge on any atom is -0.356 e. The highest BCUT2D eigenvalue weighted by Crippen LogP contribution is 2.36. The zero-order valence-corrected chi connectivity index (χ0v) is 20.7. The first-order valence-electron chi connectivity index (χ1n) is 9.99. The van der Waals surface area contributed by atoms with Gasteiger partial charge in [-0.25, -0.2) is 0 Å². The highest BCUT2D eigenvalue weighted by molar-refractivity contribution is 14.0. The second-order valence-corrected chi connectivity index (χ2v) is 8.42. The maximum atomic E-state index is 4.41. The molecule has 0 radical (unpaired) electrons. The fourth-order valence-electron chi connectivity index (χ4n) is 3.93. The second kappa shape index (κ2) is 13.0. The van der Waals surface area contributed by atoms with Crippen LogP contribution in [-0.2, 0) is 0 Å². The lowest BCUT2D eigenvalue weighted by Gasteiger charge is -2.39. The summed E-state index contributed by atoms with van der Waals surface area (Å²) >= 11 is 1.88. The van der Waals surface area contributed by atoms with Gasteiger partial charge in [0, 0.05) is 43.6 Å². The third kappa shape index (κ3) is 7.51. The van der Waals surface area contributed by atoms with Crippen molar-refractivity contribution in [3.8, 4) is 0 Å². The Morgan fingerprint density at radius 1 is 1.41 bits per heavy atom. The molecule has 0 aromatic carbocycles. The van der Waals surface area contributed by atoms with Gasteiger partial charge in [0.05, 0.1) is 0 Å². The molecule has 2 rings (SSSR count). The van der Waals surface area contributed by atoms with Gasteiger partial charge in [-0.05, 0) is 64.2 Å². The Hall–Kier alpha value is -0.380. The van der Waals surface area contributed by atoms with Crippen molar-refractivity contribution < 1.29 is 0 Å². The number of nitrogens with zero attached hydrogens (tertiary/aromatic N) is 3. The fourth-order valence-corrected chi connectivity index (χ4v) is 4.91. The van der Waals surface area contributed by atoms with Gasteiger partial charge in [0.15, 0.2) is 5.96 Å². The Morgan fingerprint density at radius 3 is 2.78 bits per heavy atom. The van der Waals surface area contributed by atoms with E-state index in [0.29, 0.717) is 18.0 Å². The number of guanidine groups is 1. The zero-order valence-electron chi connectivity index (χ0n) is 17.6. The van der Waals surface area contributed by atoms with Crippen LogP contribution < -0.4 is 10.6 Å². The quantitative estimate of drug-likeness (QED) is 0.321. The molecule has 27 heavy (non-hydrogen) atoms. The van der Waals surface area contributed by atoms with E-state index in [1.165, 1.54) is 24.3 Å². The van der Waals surface area contributed by atoms with Crippen molar-refractivity contribution in [2.75, 3.05) is 46.8 Å². The fraction of sp³-hybridized carbons (Fsp3) is 0.750. The lowest BCUT2D eigenvalue weighted by molar-refractivity contribution is 0.125. The standard InChI is InChI=1S/C20H37N5S.HI/c1-6-25(16(2)3)13-11-22-20(21-4)23-15-17-9-7-12-24(5)19(17)18-10-8-14-26-18;/h8,10,14,16-17,19H,6-7,9,11-13,15H2,1-5H3,(H2,21,22,23);1H. The summed E-state index contributed by atoms with van der Waals surface area (Å²) in [5, 5.41) is 9.24. The molecule has 2 atom stereocenters. The third-order valence-corrected chi connectivity index (χ3v) is 6.37. The van der Waals surface area contributed by atoms with Gasteiger partial charge < -0.3 is 10.6 Å². The van der Waals surface area contributed by atoms with Crippen LogP contribution in [0, 0.1) is 5.92 Å². The Bertz CT molecular complexity index is 534. The molecule has 1 aromatic rings. The lowest BCUT2D eigenvalue weighted by atomic mass is 9.88. The molecule has 0 spiro atoms. The first-order chi connectivity index (χ1) is 12.6. The Balaban J connectivity index is 0.00000364. The topological polar surface area (TPSA) is 42.9 Å². The Labute approximate surface area is 187 Å². The van der Waals surface area contributed by atoms with Crippen LogP contribution in [0.15, 0.2) is 22.5 Å². The molecule has 1 saturated heterocycles. The number of hydrogen-bond acceptors (Lipinski definition) is 4. The van der Waals surface area contributed by atoms with Crippen molar-refractivity contribution in [2.45, 2.75) is 45.7 Å². The highest BCUT2D eigenvalue weighted by atomic mass is 127. The van der Waals surface area contributed by atoms with Crippen molar-refractivity contribution in [1.82, 2.24) is 20.4 Å². The average Bonchev–Trinajstić information content (AvgIpc) is 3.15. The Kier molecular flexibility index (Phi) is 11.8. The minimum atomic E-state index is 0. The number of rotatable bonds is 8. The van der Waals surface area contributed by atoms with Crippen LogP contribution >= 0.6 is 35.3 Å². The number of nitrogens with one attached hydrogen (secondary N) is 2. The van der Waals surface area contributed by atoms with Crippen LogP contribution in [0.2, 0.25) is 0 Å².